The van der Waals surface area contributed by atoms with Crippen molar-refractivity contribution >= 4 is 41.4 Å². The minimum Gasteiger partial charge on any atom is -0.368 e. The van der Waals surface area contributed by atoms with Gasteiger partial charge in [-0.25, -0.2) is 4.98 Å². The predicted octanol–water partition coefficient (Wildman–Crippen LogP) is 1.38. The number of nitrogens with one attached hydrogen (secondary N) is 8. The highest BCUT2D eigenvalue weighted by Crippen LogP contribution is 2.06. The van der Waals surface area contributed by atoms with Crippen LogP contribution in [0.3, 0.4) is 0 Å². The fraction of sp³-hybridized carbons (Fsp3) is 0.737. The summed E-state index contributed by atoms with van der Waals surface area (Å²) in [6, 6.07) is -2.03. The Labute approximate surface area is 327 Å². The summed E-state index contributed by atoms with van der Waals surface area (Å²) >= 11 is 0. The van der Waals surface area contributed by atoms with Crippen LogP contribution in [0.25, 0.3) is 0 Å². The normalized spacial score (nSPS) is 12.2. The van der Waals surface area contributed by atoms with Gasteiger partial charge in [-0.3, -0.25) is 33.6 Å². The third kappa shape index (κ3) is 26.8. The molecular formula is C38H70N10O7. The van der Waals surface area contributed by atoms with Gasteiger partial charge in [-0.1, -0.05) is 20.8 Å². The zero-order valence-corrected chi connectivity index (χ0v) is 33.9. The lowest BCUT2D eigenvalue weighted by molar-refractivity contribution is -0.129. The molecule has 0 bridgehead atoms. The molecule has 1 rings (SSSR count). The Kier molecular flexibility index (Phi) is 30.1. The van der Waals surface area contributed by atoms with Gasteiger partial charge >= 0.3 is 0 Å². The lowest BCUT2D eigenvalue weighted by Gasteiger charge is -2.20. The molecule has 17 nitrogen and oxygen atoms in total. The van der Waals surface area contributed by atoms with Gasteiger partial charge in [0.1, 0.15) is 18.1 Å². The summed E-state index contributed by atoms with van der Waals surface area (Å²) in [4.78, 5) is 91.1. The minimum atomic E-state index is -0.743. The van der Waals surface area contributed by atoms with Gasteiger partial charge in [-0.2, -0.15) is 0 Å². The number of aromatic nitrogens is 2. The van der Waals surface area contributed by atoms with Crippen LogP contribution in [0.1, 0.15) is 129 Å². The van der Waals surface area contributed by atoms with Gasteiger partial charge in [0.25, 0.3) is 0 Å². The molecule has 1 aromatic heterocycles. The molecule has 3 atom stereocenters. The number of aromatic amines is 1. The van der Waals surface area contributed by atoms with Crippen LogP contribution >= 0.6 is 0 Å². The van der Waals surface area contributed by atoms with Crippen molar-refractivity contribution in [3.8, 4) is 0 Å². The van der Waals surface area contributed by atoms with Crippen LogP contribution in [0.5, 0.6) is 0 Å². The van der Waals surface area contributed by atoms with E-state index in [1.807, 2.05) is 27.8 Å². The average molecular weight is 779 g/mol. The summed E-state index contributed by atoms with van der Waals surface area (Å²) in [5, 5.41) is 19.7. The highest BCUT2D eigenvalue weighted by molar-refractivity contribution is 5.88. The third-order valence-electron chi connectivity index (χ3n) is 8.48. The maximum absolute atomic E-state index is 12.9. The standard InChI is InChI=1S/C31H59N7O6.C7H11N3O/c1-5-14-26(39)36-23(29(32)42)17-9-12-21-34-31(44)25(38-28(41)16-7-3)19-10-13-22-35-30(43)24(18-8-11-20-33-4)37-27(40)15-6-2;1-8-7(11)3-2-6-4-9-5-10-6/h23-25,33H,5-22H2,1-4H3,(H2,32,42)(H,34,44)(H,35,43)(H,36,39)(H,37,40)(H,38,41);4-5H,2-3H2,1H3,(H,8,11)(H,9,10)/t23-,24-,25-;/m0./s1. The van der Waals surface area contributed by atoms with Crippen molar-refractivity contribution in [2.45, 2.75) is 148 Å². The van der Waals surface area contributed by atoms with E-state index >= 15 is 0 Å². The molecule has 0 saturated carbocycles. The van der Waals surface area contributed by atoms with E-state index in [9.17, 15) is 33.6 Å². The smallest absolute Gasteiger partial charge is 0.242 e. The fourth-order valence-corrected chi connectivity index (χ4v) is 5.37. The molecule has 0 aliphatic heterocycles. The van der Waals surface area contributed by atoms with Crippen molar-refractivity contribution in [3.63, 3.8) is 0 Å². The van der Waals surface area contributed by atoms with Gasteiger partial charge in [0, 0.05) is 57.7 Å². The maximum atomic E-state index is 12.9. The van der Waals surface area contributed by atoms with Crippen LogP contribution in [-0.4, -0.2) is 103 Å². The Bertz CT molecular complexity index is 1250. The van der Waals surface area contributed by atoms with Gasteiger partial charge in [0.05, 0.1) is 6.33 Å². The quantitative estimate of drug-likeness (QED) is 0.0511. The second-order valence-electron chi connectivity index (χ2n) is 13.4. The first-order chi connectivity index (χ1) is 26.4. The second kappa shape index (κ2) is 32.9. The molecule has 1 aromatic rings. The number of H-pyrrole nitrogens is 1. The molecule has 55 heavy (non-hydrogen) atoms. The number of hydrogen-bond acceptors (Lipinski definition) is 9. The lowest BCUT2D eigenvalue weighted by atomic mass is 10.1. The third-order valence-corrected chi connectivity index (χ3v) is 8.48. The molecule has 0 radical (unpaired) electrons. The minimum absolute atomic E-state index is 0.0552. The van der Waals surface area contributed by atoms with Crippen molar-refractivity contribution < 1.29 is 33.6 Å². The highest BCUT2D eigenvalue weighted by atomic mass is 16.2. The molecule has 0 aliphatic rings. The molecule has 0 aromatic carbocycles. The zero-order chi connectivity index (χ0) is 41.3. The molecular weight excluding hydrogens is 708 g/mol. The summed E-state index contributed by atoms with van der Waals surface area (Å²) in [5.41, 5.74) is 6.40. The second-order valence-corrected chi connectivity index (χ2v) is 13.4. The van der Waals surface area contributed by atoms with Crippen LogP contribution in [-0.2, 0) is 40.0 Å². The topological polar surface area (TPSA) is 258 Å². The zero-order valence-electron chi connectivity index (χ0n) is 33.9. The van der Waals surface area contributed by atoms with E-state index in [0.29, 0.717) is 103 Å². The Hall–Kier alpha value is -4.54. The van der Waals surface area contributed by atoms with Crippen molar-refractivity contribution in [2.24, 2.45) is 5.73 Å². The largest absolute Gasteiger partial charge is 0.368 e. The molecule has 0 unspecified atom stereocenters. The lowest BCUT2D eigenvalue weighted by Crippen LogP contribution is -2.47. The van der Waals surface area contributed by atoms with Gasteiger partial charge in [-0.15, -0.1) is 0 Å². The molecule has 0 aliphatic carbocycles. The number of nitrogens with zero attached hydrogens (tertiary/aromatic N) is 1. The van der Waals surface area contributed by atoms with Crippen LogP contribution in [0.4, 0.5) is 0 Å². The Morgan fingerprint density at radius 1 is 0.618 bits per heavy atom. The number of aryl methyl sites for hydroxylation is 1. The van der Waals surface area contributed by atoms with E-state index in [4.69, 9.17) is 5.73 Å². The number of amides is 7. The predicted molar refractivity (Wildman–Crippen MR) is 212 cm³/mol. The van der Waals surface area contributed by atoms with E-state index in [1.165, 1.54) is 0 Å². The van der Waals surface area contributed by atoms with Gasteiger partial charge in [-0.05, 0) is 97.1 Å². The first kappa shape index (κ1) is 50.5. The van der Waals surface area contributed by atoms with Crippen molar-refractivity contribution in [3.05, 3.63) is 18.2 Å². The maximum Gasteiger partial charge on any atom is 0.242 e. The van der Waals surface area contributed by atoms with E-state index in [-0.39, 0.29) is 35.4 Å². The molecule has 0 spiro atoms. The summed E-state index contributed by atoms with van der Waals surface area (Å²) in [6.07, 6.45) is 13.0. The van der Waals surface area contributed by atoms with Crippen LogP contribution in [0.15, 0.2) is 12.5 Å². The summed E-state index contributed by atoms with van der Waals surface area (Å²) in [5.74, 6) is -1.58. The number of carbonyl (C=O) groups excluding carboxylic acids is 7. The highest BCUT2D eigenvalue weighted by Gasteiger charge is 2.22. The van der Waals surface area contributed by atoms with Crippen LogP contribution in [0.2, 0.25) is 0 Å². The number of carbonyl (C=O) groups is 7. The summed E-state index contributed by atoms with van der Waals surface area (Å²) < 4.78 is 0. The van der Waals surface area contributed by atoms with Crippen molar-refractivity contribution in [2.75, 3.05) is 33.7 Å². The van der Waals surface area contributed by atoms with Crippen molar-refractivity contribution in [1.29, 1.82) is 0 Å². The van der Waals surface area contributed by atoms with E-state index < -0.39 is 24.0 Å². The number of imidazole rings is 1. The number of nitrogens with two attached hydrogens (primary N) is 1. The number of primary amides is 1. The fourth-order valence-electron chi connectivity index (χ4n) is 5.37. The molecule has 314 valence electrons. The van der Waals surface area contributed by atoms with Crippen molar-refractivity contribution in [1.82, 2.24) is 47.2 Å². The Morgan fingerprint density at radius 2 is 1.05 bits per heavy atom. The van der Waals surface area contributed by atoms with Crippen LogP contribution < -0.4 is 43.0 Å². The molecule has 10 N–H and O–H groups in total. The SMILES string of the molecule is CCCC(=O)N[C@@H](CCCCNC(=O)[C@H](CCCCNC(=O)[C@H](CCCCNC)NC(=O)CCC)NC(=O)CCC)C(N)=O.CNC(=O)CCc1cnc[nH]1. The van der Waals surface area contributed by atoms with Gasteiger partial charge in [0.2, 0.25) is 41.4 Å². The Balaban J connectivity index is 0.00000225. The monoisotopic (exact) mass is 779 g/mol. The van der Waals surface area contributed by atoms with Gasteiger partial charge < -0.3 is 47.9 Å². The summed E-state index contributed by atoms with van der Waals surface area (Å²) in [6.45, 7) is 7.26. The molecule has 7 amide bonds. The molecule has 0 saturated heterocycles. The molecule has 17 heteroatoms. The number of unbranched alkanes of at least 4 members (excludes halogenated alkanes) is 3. The van der Waals surface area contributed by atoms with E-state index in [0.717, 1.165) is 31.5 Å². The van der Waals surface area contributed by atoms with E-state index in [1.54, 1.807) is 19.6 Å². The number of rotatable bonds is 30. The summed E-state index contributed by atoms with van der Waals surface area (Å²) in [7, 11) is 3.51. The Morgan fingerprint density at radius 3 is 1.44 bits per heavy atom. The number of hydrogen-bond donors (Lipinski definition) is 9. The van der Waals surface area contributed by atoms with E-state index in [2.05, 4.69) is 47.2 Å². The first-order valence-corrected chi connectivity index (χ1v) is 20.0. The average Bonchev–Trinajstić information content (AvgIpc) is 3.68. The molecule has 1 heterocycles. The van der Waals surface area contributed by atoms with Crippen LogP contribution in [0, 0.1) is 0 Å². The molecule has 0 fully saturated rings. The van der Waals surface area contributed by atoms with Gasteiger partial charge in [0.15, 0.2) is 0 Å². The first-order valence-electron chi connectivity index (χ1n) is 20.0.